The second-order valence-corrected chi connectivity index (χ2v) is 4.92. The molecule has 0 unspecified atom stereocenters. The molecule has 7 heteroatoms. The van der Waals surface area contributed by atoms with Crippen molar-refractivity contribution in [2.45, 2.75) is 38.2 Å². The third-order valence-electron chi connectivity index (χ3n) is 2.99. The Morgan fingerprint density at radius 1 is 1.29 bits per heavy atom. The van der Waals surface area contributed by atoms with Gasteiger partial charge in [0.15, 0.2) is 0 Å². The Morgan fingerprint density at radius 2 is 2.00 bits per heavy atom. The molecule has 0 radical (unpaired) electrons. The Labute approximate surface area is 120 Å². The topological polar surface area (TPSA) is 50.4 Å². The number of amides is 1. The zero-order valence-electron chi connectivity index (χ0n) is 11.4. The molecule has 1 fully saturated rings. The quantitative estimate of drug-likeness (QED) is 0.760. The molecule has 1 saturated carbocycles. The number of para-hydroxylation sites is 1. The molecule has 1 aromatic carbocycles. The first-order chi connectivity index (χ1) is 9.94. The molecule has 0 spiro atoms. The number of alkyl halides is 3. The van der Waals surface area contributed by atoms with Crippen LogP contribution in [0.1, 0.15) is 24.8 Å². The van der Waals surface area contributed by atoms with Crippen LogP contribution in [0.15, 0.2) is 24.3 Å². The molecule has 4 nitrogen and oxygen atoms in total. The van der Waals surface area contributed by atoms with Gasteiger partial charge in [-0.1, -0.05) is 18.2 Å². The largest absolute Gasteiger partial charge is 0.573 e. The molecule has 1 aliphatic carbocycles. The van der Waals surface area contributed by atoms with Gasteiger partial charge in [-0.3, -0.25) is 4.79 Å². The fraction of sp³-hybridized carbons (Fsp3) is 0.500. The lowest BCUT2D eigenvalue weighted by Crippen LogP contribution is -2.29. The average molecular weight is 302 g/mol. The smallest absolute Gasteiger partial charge is 0.405 e. The van der Waals surface area contributed by atoms with Crippen LogP contribution >= 0.6 is 0 Å². The predicted octanol–water partition coefficient (Wildman–Crippen LogP) is 2.34. The summed E-state index contributed by atoms with van der Waals surface area (Å²) >= 11 is 0. The summed E-state index contributed by atoms with van der Waals surface area (Å²) in [5.41, 5.74) is 0.400. The van der Waals surface area contributed by atoms with Crippen LogP contribution in [0.5, 0.6) is 5.75 Å². The van der Waals surface area contributed by atoms with Crippen LogP contribution in [0.4, 0.5) is 13.2 Å². The van der Waals surface area contributed by atoms with Crippen molar-refractivity contribution in [3.63, 3.8) is 0 Å². The van der Waals surface area contributed by atoms with Crippen molar-refractivity contribution in [3.8, 4) is 5.75 Å². The zero-order valence-corrected chi connectivity index (χ0v) is 11.4. The number of ether oxygens (including phenoxy) is 1. The number of halogens is 3. The van der Waals surface area contributed by atoms with Gasteiger partial charge in [-0.05, 0) is 18.9 Å². The molecule has 0 saturated heterocycles. The van der Waals surface area contributed by atoms with Crippen molar-refractivity contribution in [1.82, 2.24) is 10.6 Å². The molecule has 0 atom stereocenters. The van der Waals surface area contributed by atoms with Crippen LogP contribution < -0.4 is 15.4 Å². The van der Waals surface area contributed by atoms with Crippen molar-refractivity contribution in [3.05, 3.63) is 29.8 Å². The third-order valence-corrected chi connectivity index (χ3v) is 2.99. The number of benzene rings is 1. The Morgan fingerprint density at radius 3 is 2.67 bits per heavy atom. The number of carbonyl (C=O) groups excluding carboxylic acids is 1. The zero-order chi connectivity index (χ0) is 15.3. The summed E-state index contributed by atoms with van der Waals surface area (Å²) in [6, 6.07) is 6.26. The van der Waals surface area contributed by atoms with Crippen molar-refractivity contribution >= 4 is 5.91 Å². The number of nitrogens with one attached hydrogen (secondary N) is 2. The maximum Gasteiger partial charge on any atom is 0.573 e. The van der Waals surface area contributed by atoms with E-state index in [1.165, 1.54) is 12.1 Å². The number of rotatable bonds is 7. The first-order valence-corrected chi connectivity index (χ1v) is 6.78. The van der Waals surface area contributed by atoms with E-state index in [0.717, 1.165) is 12.8 Å². The van der Waals surface area contributed by atoms with E-state index in [0.29, 0.717) is 24.6 Å². The third kappa shape index (κ3) is 6.03. The highest BCUT2D eigenvalue weighted by atomic mass is 19.4. The lowest BCUT2D eigenvalue weighted by molar-refractivity contribution is -0.274. The van der Waals surface area contributed by atoms with E-state index < -0.39 is 6.36 Å². The predicted molar refractivity (Wildman–Crippen MR) is 70.6 cm³/mol. The molecular formula is C14H17F3N2O2. The molecule has 1 amide bonds. The molecule has 0 aliphatic heterocycles. The van der Waals surface area contributed by atoms with Gasteiger partial charge < -0.3 is 15.4 Å². The van der Waals surface area contributed by atoms with E-state index in [-0.39, 0.29) is 18.2 Å². The molecule has 0 aromatic heterocycles. The van der Waals surface area contributed by atoms with E-state index >= 15 is 0 Å². The molecule has 2 N–H and O–H groups in total. The first kappa shape index (κ1) is 15.6. The average Bonchev–Trinajstić information content (AvgIpc) is 3.18. The lowest BCUT2D eigenvalue weighted by Gasteiger charge is -2.13. The highest BCUT2D eigenvalue weighted by Gasteiger charge is 2.31. The fourth-order valence-corrected chi connectivity index (χ4v) is 1.83. The van der Waals surface area contributed by atoms with Crippen molar-refractivity contribution in [1.29, 1.82) is 0 Å². The molecule has 0 bridgehead atoms. The summed E-state index contributed by atoms with van der Waals surface area (Å²) in [4.78, 5) is 11.4. The number of carbonyl (C=O) groups is 1. The summed E-state index contributed by atoms with van der Waals surface area (Å²) in [6.07, 6.45) is -2.35. The SMILES string of the molecule is O=C(CCNCc1ccccc1OC(F)(F)F)NC1CC1. The molecule has 116 valence electrons. The molecule has 1 aromatic rings. The van der Waals surface area contributed by atoms with Gasteiger partial charge in [-0.2, -0.15) is 0 Å². The van der Waals surface area contributed by atoms with E-state index in [1.54, 1.807) is 12.1 Å². The molecule has 1 aliphatic rings. The Kier molecular flexibility index (Phi) is 5.06. The Balaban J connectivity index is 1.75. The molecular weight excluding hydrogens is 285 g/mol. The monoisotopic (exact) mass is 302 g/mol. The van der Waals surface area contributed by atoms with Crippen molar-refractivity contribution in [2.75, 3.05) is 6.54 Å². The first-order valence-electron chi connectivity index (χ1n) is 6.78. The minimum atomic E-state index is -4.71. The highest BCUT2D eigenvalue weighted by Crippen LogP contribution is 2.26. The normalized spacial score (nSPS) is 14.8. The second-order valence-electron chi connectivity index (χ2n) is 4.92. The summed E-state index contributed by atoms with van der Waals surface area (Å²) in [6.45, 7) is 0.613. The Bertz CT molecular complexity index is 487. The summed E-state index contributed by atoms with van der Waals surface area (Å²) in [7, 11) is 0. The minimum Gasteiger partial charge on any atom is -0.405 e. The van der Waals surface area contributed by atoms with E-state index in [9.17, 15) is 18.0 Å². The van der Waals surface area contributed by atoms with Gasteiger partial charge in [0.05, 0.1) is 0 Å². The Hall–Kier alpha value is -1.76. The van der Waals surface area contributed by atoms with Crippen LogP contribution in [-0.2, 0) is 11.3 Å². The number of hydrogen-bond acceptors (Lipinski definition) is 3. The summed E-state index contributed by atoms with van der Waals surface area (Å²) in [5, 5.41) is 5.79. The van der Waals surface area contributed by atoms with Gasteiger partial charge in [0.2, 0.25) is 5.91 Å². The van der Waals surface area contributed by atoms with Gasteiger partial charge in [-0.25, -0.2) is 0 Å². The van der Waals surface area contributed by atoms with Crippen LogP contribution in [0.25, 0.3) is 0 Å². The van der Waals surface area contributed by atoms with Crippen LogP contribution in [-0.4, -0.2) is 24.9 Å². The second kappa shape index (κ2) is 6.80. The number of hydrogen-bond donors (Lipinski definition) is 2. The van der Waals surface area contributed by atoms with Gasteiger partial charge in [-0.15, -0.1) is 13.2 Å². The standard InChI is InChI=1S/C14H17F3N2O2/c15-14(16,17)21-12-4-2-1-3-10(12)9-18-8-7-13(20)19-11-5-6-11/h1-4,11,18H,5-9H2,(H,19,20). The van der Waals surface area contributed by atoms with Crippen molar-refractivity contribution in [2.24, 2.45) is 0 Å². The summed E-state index contributed by atoms with van der Waals surface area (Å²) in [5.74, 6) is -0.259. The van der Waals surface area contributed by atoms with Gasteiger partial charge in [0.25, 0.3) is 0 Å². The molecule has 0 heterocycles. The van der Waals surface area contributed by atoms with Crippen molar-refractivity contribution < 1.29 is 22.7 Å². The maximum absolute atomic E-state index is 12.2. The lowest BCUT2D eigenvalue weighted by atomic mass is 10.2. The minimum absolute atomic E-state index is 0.0372. The van der Waals surface area contributed by atoms with Crippen LogP contribution in [0, 0.1) is 0 Å². The molecule has 21 heavy (non-hydrogen) atoms. The van der Waals surface area contributed by atoms with Crippen LogP contribution in [0.3, 0.4) is 0 Å². The summed E-state index contributed by atoms with van der Waals surface area (Å²) < 4.78 is 40.7. The van der Waals surface area contributed by atoms with Crippen LogP contribution in [0.2, 0.25) is 0 Å². The fourth-order valence-electron chi connectivity index (χ4n) is 1.83. The molecule has 2 rings (SSSR count). The van der Waals surface area contributed by atoms with E-state index in [1.807, 2.05) is 0 Å². The highest BCUT2D eigenvalue weighted by molar-refractivity contribution is 5.76. The van der Waals surface area contributed by atoms with Gasteiger partial charge in [0, 0.05) is 31.1 Å². The van der Waals surface area contributed by atoms with E-state index in [4.69, 9.17) is 0 Å². The van der Waals surface area contributed by atoms with Gasteiger partial charge >= 0.3 is 6.36 Å². The maximum atomic E-state index is 12.2. The van der Waals surface area contributed by atoms with E-state index in [2.05, 4.69) is 15.4 Å². The van der Waals surface area contributed by atoms with Gasteiger partial charge in [0.1, 0.15) is 5.75 Å².